The smallest absolute Gasteiger partial charge is 0.253 e. The molecule has 2 heterocycles. The van der Waals surface area contributed by atoms with E-state index in [0.717, 1.165) is 37.2 Å². The molecule has 3 aromatic rings. The molecule has 0 radical (unpaired) electrons. The highest BCUT2D eigenvalue weighted by molar-refractivity contribution is 6.42. The maximum absolute atomic E-state index is 12.6. The molecule has 1 amide bonds. The predicted molar refractivity (Wildman–Crippen MR) is 113 cm³/mol. The van der Waals surface area contributed by atoms with Crippen LogP contribution in [-0.4, -0.2) is 33.7 Å². The van der Waals surface area contributed by atoms with Crippen LogP contribution in [-0.2, 0) is 0 Å². The summed E-state index contributed by atoms with van der Waals surface area (Å²) in [6.45, 7) is 1.67. The highest BCUT2D eigenvalue weighted by Crippen LogP contribution is 2.29. The number of aromatic nitrogens is 2. The zero-order valence-electron chi connectivity index (χ0n) is 15.2. The summed E-state index contributed by atoms with van der Waals surface area (Å²) in [7, 11) is 0. The average Bonchev–Trinajstić information content (AvgIpc) is 3.12. The fourth-order valence-corrected chi connectivity index (χ4v) is 3.72. The lowest BCUT2D eigenvalue weighted by molar-refractivity contribution is 0.0724. The lowest BCUT2D eigenvalue weighted by Crippen LogP contribution is -2.35. The largest absolute Gasteiger partial charge is 0.384 e. The Hall–Kier alpha value is -2.50. The second kappa shape index (κ2) is 7.86. The molecule has 0 saturated carbocycles. The van der Waals surface area contributed by atoms with Crippen LogP contribution in [0.15, 0.2) is 48.5 Å². The zero-order chi connectivity index (χ0) is 19.7. The third kappa shape index (κ3) is 3.73. The standard InChI is InChI=1S/C21H20Cl2N4O/c22-17-9-6-15(12-18(17)23)19-13-20(24)27(25-19)16-7-4-14(5-8-16)21(28)26-10-2-1-3-11-26/h4-9,12-13H,1-3,10-11,24H2. The van der Waals surface area contributed by atoms with Gasteiger partial charge in [0.1, 0.15) is 5.82 Å². The van der Waals surface area contributed by atoms with Gasteiger partial charge in [-0.3, -0.25) is 4.79 Å². The van der Waals surface area contributed by atoms with Crippen LogP contribution in [0.5, 0.6) is 0 Å². The van der Waals surface area contributed by atoms with Crippen molar-refractivity contribution >= 4 is 34.9 Å². The molecule has 144 valence electrons. The Morgan fingerprint density at radius 3 is 2.32 bits per heavy atom. The second-order valence-corrected chi connectivity index (χ2v) is 7.71. The molecule has 0 atom stereocenters. The number of nitrogen functional groups attached to an aromatic ring is 1. The van der Waals surface area contributed by atoms with Crippen LogP contribution >= 0.6 is 23.2 Å². The van der Waals surface area contributed by atoms with Gasteiger partial charge in [0, 0.05) is 30.3 Å². The number of nitrogens with two attached hydrogens (primary N) is 1. The third-order valence-electron chi connectivity index (χ3n) is 4.95. The summed E-state index contributed by atoms with van der Waals surface area (Å²) >= 11 is 12.1. The van der Waals surface area contributed by atoms with E-state index in [2.05, 4.69) is 5.10 Å². The van der Waals surface area contributed by atoms with E-state index in [1.54, 1.807) is 22.9 Å². The van der Waals surface area contributed by atoms with Crippen LogP contribution < -0.4 is 5.73 Å². The Kier molecular flexibility index (Phi) is 5.29. The van der Waals surface area contributed by atoms with E-state index in [-0.39, 0.29) is 5.91 Å². The predicted octanol–water partition coefficient (Wildman–Crippen LogP) is 5.05. The molecule has 2 N–H and O–H groups in total. The number of hydrogen-bond donors (Lipinski definition) is 1. The molecule has 4 rings (SSSR count). The molecular formula is C21H20Cl2N4O. The second-order valence-electron chi connectivity index (χ2n) is 6.89. The van der Waals surface area contributed by atoms with Crippen molar-refractivity contribution in [2.24, 2.45) is 0 Å². The number of halogens is 2. The van der Waals surface area contributed by atoms with Crippen LogP contribution in [0.25, 0.3) is 16.9 Å². The number of likely N-dealkylation sites (tertiary alicyclic amines) is 1. The molecule has 7 heteroatoms. The number of piperidine rings is 1. The number of carbonyl (C=O) groups is 1. The van der Waals surface area contributed by atoms with Gasteiger partial charge in [0.05, 0.1) is 21.4 Å². The molecule has 2 aromatic carbocycles. The minimum atomic E-state index is 0.0798. The van der Waals surface area contributed by atoms with E-state index in [0.29, 0.717) is 27.1 Å². The van der Waals surface area contributed by atoms with E-state index in [1.807, 2.05) is 35.2 Å². The van der Waals surface area contributed by atoms with Gasteiger partial charge in [0.25, 0.3) is 5.91 Å². The van der Waals surface area contributed by atoms with Gasteiger partial charge < -0.3 is 10.6 Å². The summed E-state index contributed by atoms with van der Waals surface area (Å²) in [6.07, 6.45) is 3.35. The van der Waals surface area contributed by atoms with Gasteiger partial charge in [-0.1, -0.05) is 29.3 Å². The highest BCUT2D eigenvalue weighted by Gasteiger charge is 2.18. The van der Waals surface area contributed by atoms with Crippen LogP contribution in [0.3, 0.4) is 0 Å². The van der Waals surface area contributed by atoms with E-state index in [4.69, 9.17) is 28.9 Å². The molecule has 0 aliphatic carbocycles. The molecule has 1 aliphatic heterocycles. The van der Waals surface area contributed by atoms with Crippen molar-refractivity contribution in [3.05, 3.63) is 64.1 Å². The Balaban J connectivity index is 1.58. The number of carbonyl (C=O) groups excluding carboxylic acids is 1. The molecular weight excluding hydrogens is 395 g/mol. The summed E-state index contributed by atoms with van der Waals surface area (Å²) in [4.78, 5) is 14.5. The normalized spacial score (nSPS) is 14.3. The van der Waals surface area contributed by atoms with Gasteiger partial charge in [-0.15, -0.1) is 0 Å². The summed E-state index contributed by atoms with van der Waals surface area (Å²) in [5, 5.41) is 5.54. The maximum atomic E-state index is 12.6. The van der Waals surface area contributed by atoms with Crippen LogP contribution in [0.4, 0.5) is 5.82 Å². The number of hydrogen-bond acceptors (Lipinski definition) is 3. The third-order valence-corrected chi connectivity index (χ3v) is 5.69. The fraction of sp³-hybridized carbons (Fsp3) is 0.238. The molecule has 0 spiro atoms. The van der Waals surface area contributed by atoms with Crippen LogP contribution in [0, 0.1) is 0 Å². The molecule has 1 fully saturated rings. The Morgan fingerprint density at radius 1 is 0.929 bits per heavy atom. The van der Waals surface area contributed by atoms with Crippen molar-refractivity contribution in [1.29, 1.82) is 0 Å². The number of nitrogens with zero attached hydrogens (tertiary/aromatic N) is 3. The van der Waals surface area contributed by atoms with Gasteiger partial charge in [-0.25, -0.2) is 4.68 Å². The van der Waals surface area contributed by atoms with Crippen LogP contribution in [0.1, 0.15) is 29.6 Å². The molecule has 0 unspecified atom stereocenters. The van der Waals surface area contributed by atoms with Gasteiger partial charge in [-0.05, 0) is 55.7 Å². The highest BCUT2D eigenvalue weighted by atomic mass is 35.5. The quantitative estimate of drug-likeness (QED) is 0.651. The number of amides is 1. The molecule has 5 nitrogen and oxygen atoms in total. The first-order valence-electron chi connectivity index (χ1n) is 9.23. The Bertz CT molecular complexity index is 1010. The summed E-state index contributed by atoms with van der Waals surface area (Å²) in [5.74, 6) is 0.576. The first kappa shape index (κ1) is 18.8. The minimum Gasteiger partial charge on any atom is -0.384 e. The van der Waals surface area contributed by atoms with Crippen molar-refractivity contribution in [3.8, 4) is 16.9 Å². The number of rotatable bonds is 3. The molecule has 1 saturated heterocycles. The first-order valence-corrected chi connectivity index (χ1v) is 9.99. The maximum Gasteiger partial charge on any atom is 0.253 e. The van der Waals surface area contributed by atoms with E-state index in [1.165, 1.54) is 6.42 Å². The first-order chi connectivity index (χ1) is 13.5. The number of anilines is 1. The molecule has 0 bridgehead atoms. The Labute approximate surface area is 173 Å². The monoisotopic (exact) mass is 414 g/mol. The molecule has 28 heavy (non-hydrogen) atoms. The van der Waals surface area contributed by atoms with Gasteiger partial charge in [0.15, 0.2) is 0 Å². The van der Waals surface area contributed by atoms with E-state index >= 15 is 0 Å². The summed E-state index contributed by atoms with van der Waals surface area (Å²) < 4.78 is 1.65. The summed E-state index contributed by atoms with van der Waals surface area (Å²) in [5.41, 5.74) is 9.16. The van der Waals surface area contributed by atoms with Crippen molar-refractivity contribution in [1.82, 2.24) is 14.7 Å². The zero-order valence-corrected chi connectivity index (χ0v) is 16.7. The van der Waals surface area contributed by atoms with Crippen molar-refractivity contribution in [2.45, 2.75) is 19.3 Å². The van der Waals surface area contributed by atoms with Gasteiger partial charge in [0.2, 0.25) is 0 Å². The minimum absolute atomic E-state index is 0.0798. The van der Waals surface area contributed by atoms with Crippen molar-refractivity contribution < 1.29 is 4.79 Å². The SMILES string of the molecule is Nc1cc(-c2ccc(Cl)c(Cl)c2)nn1-c1ccc(C(=O)N2CCCCC2)cc1. The lowest BCUT2D eigenvalue weighted by atomic mass is 10.1. The van der Waals surface area contributed by atoms with E-state index in [9.17, 15) is 4.79 Å². The average molecular weight is 415 g/mol. The topological polar surface area (TPSA) is 64.1 Å². The molecule has 1 aromatic heterocycles. The van der Waals surface area contributed by atoms with Gasteiger partial charge in [-0.2, -0.15) is 5.10 Å². The lowest BCUT2D eigenvalue weighted by Gasteiger charge is -2.26. The van der Waals surface area contributed by atoms with E-state index < -0.39 is 0 Å². The van der Waals surface area contributed by atoms with Crippen LogP contribution in [0.2, 0.25) is 10.0 Å². The Morgan fingerprint density at radius 2 is 1.64 bits per heavy atom. The summed E-state index contributed by atoms with van der Waals surface area (Å²) in [6, 6.07) is 14.5. The molecule has 1 aliphatic rings. The van der Waals surface area contributed by atoms with Crippen molar-refractivity contribution in [3.63, 3.8) is 0 Å². The van der Waals surface area contributed by atoms with Gasteiger partial charge >= 0.3 is 0 Å². The number of benzene rings is 2. The fourth-order valence-electron chi connectivity index (χ4n) is 3.42. The van der Waals surface area contributed by atoms with Crippen molar-refractivity contribution in [2.75, 3.05) is 18.8 Å².